The monoisotopic (exact) mass is 438 g/mol. The Bertz CT molecular complexity index is 1100. The van der Waals surface area contributed by atoms with Crippen molar-refractivity contribution >= 4 is 17.5 Å². The number of furan rings is 1. The van der Waals surface area contributed by atoms with E-state index in [4.69, 9.17) is 9.15 Å². The molecule has 0 aliphatic rings. The van der Waals surface area contributed by atoms with Crippen molar-refractivity contribution in [3.8, 4) is 5.75 Å². The van der Waals surface area contributed by atoms with E-state index in [1.807, 2.05) is 52.8 Å². The Labute approximate surface area is 187 Å². The Morgan fingerprint density at radius 2 is 1.94 bits per heavy atom. The van der Waals surface area contributed by atoms with Crippen molar-refractivity contribution in [2.75, 3.05) is 11.9 Å². The first kappa shape index (κ1) is 23.1. The molecule has 0 saturated heterocycles. The Morgan fingerprint density at radius 3 is 2.66 bits per heavy atom. The van der Waals surface area contributed by atoms with Crippen molar-refractivity contribution in [2.24, 2.45) is 5.92 Å². The summed E-state index contributed by atoms with van der Waals surface area (Å²) in [6.07, 6.45) is 1.63. The number of benzene rings is 1. The molecule has 3 rings (SSSR count). The van der Waals surface area contributed by atoms with Crippen LogP contribution in [0.5, 0.6) is 5.75 Å². The number of hydrogen-bond acceptors (Lipinski definition) is 5. The highest BCUT2D eigenvalue weighted by molar-refractivity contribution is 6.07. The largest absolute Gasteiger partial charge is 0.485 e. The molecule has 1 aromatic carbocycles. The molecule has 2 N–H and O–H groups in total. The van der Waals surface area contributed by atoms with E-state index in [0.717, 1.165) is 16.9 Å². The zero-order valence-corrected chi connectivity index (χ0v) is 19.2. The van der Waals surface area contributed by atoms with Crippen molar-refractivity contribution in [3.05, 3.63) is 64.9 Å². The van der Waals surface area contributed by atoms with Gasteiger partial charge in [-0.05, 0) is 56.0 Å². The Balaban J connectivity index is 1.67. The Morgan fingerprint density at radius 1 is 1.16 bits per heavy atom. The minimum Gasteiger partial charge on any atom is -0.485 e. The fraction of sp³-hybridized carbons (Fsp3) is 0.375. The minimum atomic E-state index is -0.462. The summed E-state index contributed by atoms with van der Waals surface area (Å²) in [6.45, 7) is 11.2. The molecule has 0 spiro atoms. The lowest BCUT2D eigenvalue weighted by Crippen LogP contribution is -2.28. The van der Waals surface area contributed by atoms with Crippen LogP contribution >= 0.6 is 0 Å². The van der Waals surface area contributed by atoms with Crippen LogP contribution in [0.4, 0.5) is 5.69 Å². The SMILES string of the molecule is CCn1cc(NC(=O)c2ccc(COc3cc(C)ccc3C)o2)c(C(=O)NCC(C)C)n1. The molecule has 0 bridgehead atoms. The molecule has 2 heterocycles. The number of aryl methyl sites for hydroxylation is 3. The van der Waals surface area contributed by atoms with Gasteiger partial charge >= 0.3 is 0 Å². The number of aromatic nitrogens is 2. The van der Waals surface area contributed by atoms with Crippen molar-refractivity contribution < 1.29 is 18.7 Å². The number of hydrogen-bond donors (Lipinski definition) is 2. The third kappa shape index (κ3) is 5.78. The van der Waals surface area contributed by atoms with Gasteiger partial charge in [0.25, 0.3) is 11.8 Å². The maximum absolute atomic E-state index is 12.7. The molecule has 0 saturated carbocycles. The molecule has 2 amide bonds. The Hall–Kier alpha value is -3.55. The van der Waals surface area contributed by atoms with E-state index in [-0.39, 0.29) is 24.0 Å². The van der Waals surface area contributed by atoms with E-state index in [2.05, 4.69) is 15.7 Å². The second kappa shape index (κ2) is 10.2. The number of nitrogens with one attached hydrogen (secondary N) is 2. The van der Waals surface area contributed by atoms with Crippen molar-refractivity contribution in [1.29, 1.82) is 0 Å². The van der Waals surface area contributed by atoms with Gasteiger partial charge in [0, 0.05) is 19.3 Å². The van der Waals surface area contributed by atoms with E-state index in [1.165, 1.54) is 0 Å². The quantitative estimate of drug-likeness (QED) is 0.518. The maximum Gasteiger partial charge on any atom is 0.291 e. The van der Waals surface area contributed by atoms with E-state index >= 15 is 0 Å². The third-order valence-corrected chi connectivity index (χ3v) is 4.82. The van der Waals surface area contributed by atoms with Gasteiger partial charge in [-0.1, -0.05) is 26.0 Å². The molecule has 0 fully saturated rings. The first-order valence-corrected chi connectivity index (χ1v) is 10.7. The highest BCUT2D eigenvalue weighted by Gasteiger charge is 2.20. The summed E-state index contributed by atoms with van der Waals surface area (Å²) in [5.74, 6) is 0.936. The molecule has 2 aromatic heterocycles. The van der Waals surface area contributed by atoms with Crippen LogP contribution in [0.1, 0.15) is 58.7 Å². The lowest BCUT2D eigenvalue weighted by molar-refractivity contribution is 0.0944. The van der Waals surface area contributed by atoms with Crippen LogP contribution in [0, 0.1) is 19.8 Å². The summed E-state index contributed by atoms with van der Waals surface area (Å²) in [7, 11) is 0. The van der Waals surface area contributed by atoms with Gasteiger partial charge in [-0.25, -0.2) is 0 Å². The second-order valence-corrected chi connectivity index (χ2v) is 8.13. The van der Waals surface area contributed by atoms with Crippen LogP contribution in [0.3, 0.4) is 0 Å². The molecule has 0 aliphatic carbocycles. The standard InChI is InChI=1S/C24H30N4O4/c1-6-28-13-19(22(27-28)24(30)25-12-15(2)3)26-23(29)20-10-9-18(32-20)14-31-21-11-16(4)7-8-17(21)5/h7-11,13,15H,6,12,14H2,1-5H3,(H,25,30)(H,26,29). The summed E-state index contributed by atoms with van der Waals surface area (Å²) in [5, 5.41) is 9.84. The molecule has 0 aliphatic heterocycles. The molecule has 8 heteroatoms. The molecular weight excluding hydrogens is 408 g/mol. The number of ether oxygens (including phenoxy) is 1. The summed E-state index contributed by atoms with van der Waals surface area (Å²) >= 11 is 0. The van der Waals surface area contributed by atoms with Crippen LogP contribution in [-0.4, -0.2) is 28.1 Å². The second-order valence-electron chi connectivity index (χ2n) is 8.13. The molecular formula is C24H30N4O4. The van der Waals surface area contributed by atoms with E-state index in [0.29, 0.717) is 30.5 Å². The highest BCUT2D eigenvalue weighted by atomic mass is 16.5. The van der Waals surface area contributed by atoms with Crippen molar-refractivity contribution in [1.82, 2.24) is 15.1 Å². The number of anilines is 1. The van der Waals surface area contributed by atoms with Gasteiger partial charge in [0.15, 0.2) is 11.5 Å². The van der Waals surface area contributed by atoms with Crippen LogP contribution in [0.25, 0.3) is 0 Å². The highest BCUT2D eigenvalue weighted by Crippen LogP contribution is 2.22. The van der Waals surface area contributed by atoms with Gasteiger partial charge < -0.3 is 19.8 Å². The van der Waals surface area contributed by atoms with Crippen LogP contribution < -0.4 is 15.4 Å². The summed E-state index contributed by atoms with van der Waals surface area (Å²) in [5.41, 5.74) is 2.64. The predicted molar refractivity (Wildman–Crippen MR) is 122 cm³/mol. The van der Waals surface area contributed by atoms with Crippen LogP contribution in [0.15, 0.2) is 40.9 Å². The van der Waals surface area contributed by atoms with Gasteiger partial charge in [0.1, 0.15) is 18.1 Å². The maximum atomic E-state index is 12.7. The van der Waals surface area contributed by atoms with Crippen LogP contribution in [-0.2, 0) is 13.2 Å². The number of nitrogens with zero attached hydrogens (tertiary/aromatic N) is 2. The number of carbonyl (C=O) groups is 2. The van der Waals surface area contributed by atoms with E-state index < -0.39 is 5.91 Å². The topological polar surface area (TPSA) is 98.4 Å². The van der Waals surface area contributed by atoms with Gasteiger partial charge in [-0.2, -0.15) is 5.10 Å². The molecule has 8 nitrogen and oxygen atoms in total. The summed E-state index contributed by atoms with van der Waals surface area (Å²) in [6, 6.07) is 9.27. The molecule has 0 radical (unpaired) electrons. The fourth-order valence-electron chi connectivity index (χ4n) is 3.00. The van der Waals surface area contributed by atoms with Crippen molar-refractivity contribution in [2.45, 2.75) is 47.8 Å². The minimum absolute atomic E-state index is 0.127. The van der Waals surface area contributed by atoms with Crippen LogP contribution in [0.2, 0.25) is 0 Å². The molecule has 3 aromatic rings. The molecule has 0 unspecified atom stereocenters. The zero-order valence-electron chi connectivity index (χ0n) is 19.2. The number of rotatable bonds is 9. The van der Waals surface area contributed by atoms with Gasteiger partial charge in [0.05, 0.1) is 5.69 Å². The lowest BCUT2D eigenvalue weighted by Gasteiger charge is -2.08. The lowest BCUT2D eigenvalue weighted by atomic mass is 10.1. The summed E-state index contributed by atoms with van der Waals surface area (Å²) < 4.78 is 13.1. The normalized spacial score (nSPS) is 10.9. The predicted octanol–water partition coefficient (Wildman–Crippen LogP) is 4.33. The van der Waals surface area contributed by atoms with Gasteiger partial charge in [-0.3, -0.25) is 14.3 Å². The summed E-state index contributed by atoms with van der Waals surface area (Å²) in [4.78, 5) is 25.2. The molecule has 0 atom stereocenters. The fourth-order valence-corrected chi connectivity index (χ4v) is 3.00. The van der Waals surface area contributed by atoms with Crippen molar-refractivity contribution in [3.63, 3.8) is 0 Å². The van der Waals surface area contributed by atoms with Gasteiger partial charge in [0.2, 0.25) is 0 Å². The number of carbonyl (C=O) groups excluding carboxylic acids is 2. The molecule has 170 valence electrons. The van der Waals surface area contributed by atoms with E-state index in [9.17, 15) is 9.59 Å². The smallest absolute Gasteiger partial charge is 0.291 e. The third-order valence-electron chi connectivity index (χ3n) is 4.82. The zero-order chi connectivity index (χ0) is 23.3. The average molecular weight is 439 g/mol. The first-order chi connectivity index (χ1) is 15.3. The molecule has 32 heavy (non-hydrogen) atoms. The Kier molecular flexibility index (Phi) is 7.35. The number of amides is 2. The average Bonchev–Trinajstić information content (AvgIpc) is 3.39. The van der Waals surface area contributed by atoms with E-state index in [1.54, 1.807) is 23.0 Å². The van der Waals surface area contributed by atoms with Gasteiger partial charge in [-0.15, -0.1) is 0 Å². The first-order valence-electron chi connectivity index (χ1n) is 10.7.